The second kappa shape index (κ2) is 15.3. The van der Waals surface area contributed by atoms with Crippen LogP contribution in [0.2, 0.25) is 0 Å². The highest BCUT2D eigenvalue weighted by atomic mass is 16.4. The molecule has 0 radical (unpaired) electrons. The van der Waals surface area contributed by atoms with Crippen LogP contribution in [-0.2, 0) is 24.0 Å². The van der Waals surface area contributed by atoms with E-state index in [1.807, 2.05) is 27.7 Å². The summed E-state index contributed by atoms with van der Waals surface area (Å²) in [5.41, 5.74) is 11.0. The van der Waals surface area contributed by atoms with Crippen molar-refractivity contribution in [3.05, 3.63) is 0 Å². The molecule has 0 spiro atoms. The van der Waals surface area contributed by atoms with Crippen molar-refractivity contribution >= 4 is 29.6 Å². The Morgan fingerprint density at radius 2 is 1.24 bits per heavy atom. The van der Waals surface area contributed by atoms with Crippen LogP contribution in [0.15, 0.2) is 0 Å². The Morgan fingerprint density at radius 3 is 1.62 bits per heavy atom. The second-order valence-corrected chi connectivity index (χ2v) is 9.38. The third kappa shape index (κ3) is 11.0. The van der Waals surface area contributed by atoms with Crippen LogP contribution in [0.25, 0.3) is 0 Å². The summed E-state index contributed by atoms with van der Waals surface area (Å²) in [6.45, 7) is 11.1. The number of carboxylic acid groups (broad SMARTS) is 1. The predicted octanol–water partition coefficient (Wildman–Crippen LogP) is 0.257. The highest BCUT2D eigenvalue weighted by Crippen LogP contribution is 2.13. The standard InChI is InChI=1S/C23H43N5O6/c1-7-13(5)18(21(31)26-16(23(33)34)9-10-17(25)29)28-22(32)19(14(6)8-2)27-20(30)15(24)11-12(3)4/h12-16,18-19H,7-11,24H2,1-6H3,(H2,25,29)(H,26,31)(H,27,30)(H,28,32)(H,33,34). The van der Waals surface area contributed by atoms with E-state index in [2.05, 4.69) is 16.0 Å². The van der Waals surface area contributed by atoms with Crippen LogP contribution in [0.4, 0.5) is 0 Å². The minimum atomic E-state index is -1.33. The van der Waals surface area contributed by atoms with Crippen LogP contribution in [-0.4, -0.2) is 58.9 Å². The molecule has 196 valence electrons. The minimum absolute atomic E-state index is 0.170. The topological polar surface area (TPSA) is 194 Å². The summed E-state index contributed by atoms with van der Waals surface area (Å²) in [4.78, 5) is 61.2. The van der Waals surface area contributed by atoms with Gasteiger partial charge < -0.3 is 32.5 Å². The molecule has 0 aromatic carbocycles. The molecule has 0 fully saturated rings. The molecule has 0 aliphatic rings. The summed E-state index contributed by atoms with van der Waals surface area (Å²) in [6.07, 6.45) is 1.19. The van der Waals surface area contributed by atoms with E-state index in [0.717, 1.165) is 0 Å². The summed E-state index contributed by atoms with van der Waals surface area (Å²) < 4.78 is 0. The van der Waals surface area contributed by atoms with Gasteiger partial charge in [0.2, 0.25) is 23.6 Å². The fraction of sp³-hybridized carbons (Fsp3) is 0.783. The maximum atomic E-state index is 13.2. The number of nitrogens with two attached hydrogens (primary N) is 2. The number of carboxylic acids is 1. The highest BCUT2D eigenvalue weighted by Gasteiger charge is 2.34. The fourth-order valence-electron chi connectivity index (χ4n) is 3.33. The minimum Gasteiger partial charge on any atom is -0.480 e. The molecule has 11 nitrogen and oxygen atoms in total. The molecule has 0 saturated carbocycles. The van der Waals surface area contributed by atoms with E-state index in [1.54, 1.807) is 13.8 Å². The van der Waals surface area contributed by atoms with E-state index in [1.165, 1.54) is 0 Å². The van der Waals surface area contributed by atoms with Crippen LogP contribution in [0, 0.1) is 17.8 Å². The van der Waals surface area contributed by atoms with Crippen molar-refractivity contribution < 1.29 is 29.1 Å². The Balaban J connectivity index is 5.60. The average molecular weight is 486 g/mol. The molecule has 0 bridgehead atoms. The lowest BCUT2D eigenvalue weighted by Crippen LogP contribution is -2.60. The lowest BCUT2D eigenvalue weighted by Gasteiger charge is -2.30. The number of carbonyl (C=O) groups excluding carboxylic acids is 4. The lowest BCUT2D eigenvalue weighted by molar-refractivity contribution is -0.143. The molecule has 11 heteroatoms. The number of nitrogens with one attached hydrogen (secondary N) is 3. The van der Waals surface area contributed by atoms with Gasteiger partial charge in [0.05, 0.1) is 6.04 Å². The van der Waals surface area contributed by atoms with E-state index in [-0.39, 0.29) is 30.6 Å². The number of primary amides is 1. The second-order valence-electron chi connectivity index (χ2n) is 9.38. The van der Waals surface area contributed by atoms with E-state index in [0.29, 0.717) is 19.3 Å². The van der Waals surface area contributed by atoms with Crippen LogP contribution in [0.1, 0.15) is 73.6 Å². The summed E-state index contributed by atoms with van der Waals surface area (Å²) in [6, 6.07) is -4.06. The average Bonchev–Trinajstić information content (AvgIpc) is 2.75. The molecule has 8 N–H and O–H groups in total. The zero-order chi connectivity index (χ0) is 26.6. The number of hydrogen-bond acceptors (Lipinski definition) is 6. The van der Waals surface area contributed by atoms with Crippen LogP contribution in [0.3, 0.4) is 0 Å². The van der Waals surface area contributed by atoms with Crippen LogP contribution >= 0.6 is 0 Å². The molecule has 4 amide bonds. The number of aliphatic carboxylic acids is 1. The zero-order valence-electron chi connectivity index (χ0n) is 21.2. The van der Waals surface area contributed by atoms with Gasteiger partial charge in [-0.2, -0.15) is 0 Å². The van der Waals surface area contributed by atoms with Gasteiger partial charge in [-0.25, -0.2) is 4.79 Å². The van der Waals surface area contributed by atoms with Crippen LogP contribution in [0.5, 0.6) is 0 Å². The molecule has 34 heavy (non-hydrogen) atoms. The summed E-state index contributed by atoms with van der Waals surface area (Å²) in [5, 5.41) is 17.2. The maximum Gasteiger partial charge on any atom is 0.326 e. The third-order valence-corrected chi connectivity index (χ3v) is 5.94. The van der Waals surface area contributed by atoms with Crippen molar-refractivity contribution in [1.29, 1.82) is 0 Å². The lowest BCUT2D eigenvalue weighted by atomic mass is 9.94. The molecule has 0 heterocycles. The van der Waals surface area contributed by atoms with Crippen molar-refractivity contribution in [2.45, 2.75) is 97.8 Å². The molecule has 6 unspecified atom stereocenters. The Hall–Kier alpha value is -2.69. The molecular weight excluding hydrogens is 442 g/mol. The Labute approximate surface area is 202 Å². The number of amides is 4. The molecular formula is C23H43N5O6. The highest BCUT2D eigenvalue weighted by molar-refractivity contribution is 5.94. The van der Waals surface area contributed by atoms with E-state index < -0.39 is 53.8 Å². The molecule has 0 aromatic heterocycles. The quantitative estimate of drug-likeness (QED) is 0.180. The third-order valence-electron chi connectivity index (χ3n) is 5.94. The fourth-order valence-corrected chi connectivity index (χ4v) is 3.33. The van der Waals surface area contributed by atoms with Gasteiger partial charge >= 0.3 is 5.97 Å². The van der Waals surface area contributed by atoms with Crippen molar-refractivity contribution in [3.8, 4) is 0 Å². The van der Waals surface area contributed by atoms with Gasteiger partial charge in [-0.05, 0) is 30.6 Å². The largest absolute Gasteiger partial charge is 0.480 e. The van der Waals surface area contributed by atoms with Gasteiger partial charge in [-0.1, -0.05) is 54.4 Å². The zero-order valence-corrected chi connectivity index (χ0v) is 21.2. The first-order valence-corrected chi connectivity index (χ1v) is 11.9. The first kappa shape index (κ1) is 31.3. The Morgan fingerprint density at radius 1 is 0.794 bits per heavy atom. The van der Waals surface area contributed by atoms with E-state index in [4.69, 9.17) is 11.5 Å². The Bertz CT molecular complexity index is 714. The molecule has 0 aromatic rings. The molecule has 0 rings (SSSR count). The number of carbonyl (C=O) groups is 5. The van der Waals surface area contributed by atoms with Crippen molar-refractivity contribution in [2.75, 3.05) is 0 Å². The molecule has 6 atom stereocenters. The van der Waals surface area contributed by atoms with Gasteiger partial charge in [0.15, 0.2) is 0 Å². The Kier molecular flexibility index (Phi) is 14.1. The number of rotatable bonds is 16. The molecule has 0 aliphatic carbocycles. The van der Waals surface area contributed by atoms with Gasteiger partial charge in [0.25, 0.3) is 0 Å². The van der Waals surface area contributed by atoms with E-state index >= 15 is 0 Å². The summed E-state index contributed by atoms with van der Waals surface area (Å²) in [7, 11) is 0. The van der Waals surface area contributed by atoms with Crippen molar-refractivity contribution in [3.63, 3.8) is 0 Å². The first-order chi connectivity index (χ1) is 15.7. The summed E-state index contributed by atoms with van der Waals surface area (Å²) >= 11 is 0. The number of hydrogen-bond donors (Lipinski definition) is 6. The van der Waals surface area contributed by atoms with Gasteiger partial charge in [-0.3, -0.25) is 19.2 Å². The predicted molar refractivity (Wildman–Crippen MR) is 128 cm³/mol. The molecule has 0 aliphatic heterocycles. The normalized spacial score (nSPS) is 16.5. The maximum absolute atomic E-state index is 13.2. The van der Waals surface area contributed by atoms with Gasteiger partial charge in [0, 0.05) is 6.42 Å². The SMILES string of the molecule is CCC(C)C(NC(=O)C(N)CC(C)C)C(=O)NC(C(=O)NC(CCC(N)=O)C(=O)O)C(C)CC. The van der Waals surface area contributed by atoms with Crippen molar-refractivity contribution in [2.24, 2.45) is 29.2 Å². The van der Waals surface area contributed by atoms with Gasteiger partial charge in [-0.15, -0.1) is 0 Å². The monoisotopic (exact) mass is 485 g/mol. The van der Waals surface area contributed by atoms with Crippen molar-refractivity contribution in [1.82, 2.24) is 16.0 Å². The molecule has 0 saturated heterocycles. The van der Waals surface area contributed by atoms with Crippen LogP contribution < -0.4 is 27.4 Å². The smallest absolute Gasteiger partial charge is 0.326 e. The van der Waals surface area contributed by atoms with E-state index in [9.17, 15) is 29.1 Å². The summed E-state index contributed by atoms with van der Waals surface area (Å²) in [5.74, 6) is -4.05. The first-order valence-electron chi connectivity index (χ1n) is 11.9. The van der Waals surface area contributed by atoms with Gasteiger partial charge in [0.1, 0.15) is 18.1 Å².